The Morgan fingerprint density at radius 1 is 0.944 bits per heavy atom. The Kier molecular flexibility index (Phi) is 8.24. The van der Waals surface area contributed by atoms with Gasteiger partial charge in [0, 0.05) is 4.90 Å². The number of benzene rings is 1. The highest BCUT2D eigenvalue weighted by molar-refractivity contribution is 7.98. The largest absolute Gasteiger partial charge is 0.129 e. The van der Waals surface area contributed by atoms with Crippen LogP contribution in [0.3, 0.4) is 0 Å². The van der Waals surface area contributed by atoms with Gasteiger partial charge >= 0.3 is 0 Å². The third-order valence-electron chi connectivity index (χ3n) is 3.53. The van der Waals surface area contributed by atoms with Crippen molar-refractivity contribution in [2.45, 2.75) is 70.1 Å². The molecule has 1 aromatic carbocycles. The van der Waals surface area contributed by atoms with Crippen LogP contribution in [0.25, 0.3) is 0 Å². The Hall–Kier alpha value is -0.430. The molecule has 0 amide bonds. The monoisotopic (exact) mass is 264 g/mol. The van der Waals surface area contributed by atoms with Crippen molar-refractivity contribution in [2.75, 3.05) is 6.26 Å². The molecule has 18 heavy (non-hydrogen) atoms. The average Bonchev–Trinajstić information content (AvgIpc) is 2.38. The van der Waals surface area contributed by atoms with Crippen molar-refractivity contribution in [3.63, 3.8) is 0 Å². The molecule has 0 N–H and O–H groups in total. The third kappa shape index (κ3) is 5.95. The second-order valence-corrected chi connectivity index (χ2v) is 6.02. The van der Waals surface area contributed by atoms with E-state index in [1.165, 1.54) is 67.4 Å². The molecule has 0 nitrogen and oxygen atoms in total. The summed E-state index contributed by atoms with van der Waals surface area (Å²) in [5, 5.41) is 0. The highest BCUT2D eigenvalue weighted by Crippen LogP contribution is 2.21. The number of hydrogen-bond donors (Lipinski definition) is 0. The minimum absolute atomic E-state index is 1.25. The van der Waals surface area contributed by atoms with E-state index in [1.54, 1.807) is 0 Å². The Morgan fingerprint density at radius 3 is 2.22 bits per heavy atom. The SMILES string of the molecule is CCCCCCCCCc1ccc(SC)c(C)c1. The zero-order valence-corrected chi connectivity index (χ0v) is 13.1. The second-order valence-electron chi connectivity index (χ2n) is 5.18. The first-order valence-corrected chi connectivity index (χ1v) is 8.64. The number of aryl methyl sites for hydroxylation is 2. The van der Waals surface area contributed by atoms with Crippen LogP contribution in [0.2, 0.25) is 0 Å². The van der Waals surface area contributed by atoms with Gasteiger partial charge in [-0.3, -0.25) is 0 Å². The molecule has 0 fully saturated rings. The molecule has 0 aromatic heterocycles. The summed E-state index contributed by atoms with van der Waals surface area (Å²) in [7, 11) is 0. The van der Waals surface area contributed by atoms with Crippen LogP contribution in [0.1, 0.15) is 63.0 Å². The van der Waals surface area contributed by atoms with Crippen molar-refractivity contribution in [1.82, 2.24) is 0 Å². The van der Waals surface area contributed by atoms with Crippen molar-refractivity contribution in [3.05, 3.63) is 29.3 Å². The van der Waals surface area contributed by atoms with Crippen molar-refractivity contribution >= 4 is 11.8 Å². The van der Waals surface area contributed by atoms with Crippen LogP contribution in [0, 0.1) is 6.92 Å². The van der Waals surface area contributed by atoms with Crippen LogP contribution in [0.5, 0.6) is 0 Å². The van der Waals surface area contributed by atoms with E-state index >= 15 is 0 Å². The van der Waals surface area contributed by atoms with E-state index in [-0.39, 0.29) is 0 Å². The zero-order chi connectivity index (χ0) is 13.2. The molecule has 0 spiro atoms. The fraction of sp³-hybridized carbons (Fsp3) is 0.647. The molecule has 0 heterocycles. The molecule has 0 unspecified atom stereocenters. The predicted octanol–water partition coefficient (Wildman–Crippen LogP) is 6.01. The normalized spacial score (nSPS) is 10.8. The number of unbranched alkanes of at least 4 members (excludes halogenated alkanes) is 6. The number of rotatable bonds is 9. The van der Waals surface area contributed by atoms with Crippen LogP contribution < -0.4 is 0 Å². The predicted molar refractivity (Wildman–Crippen MR) is 84.7 cm³/mol. The Balaban J connectivity index is 2.17. The van der Waals surface area contributed by atoms with Crippen molar-refractivity contribution in [3.8, 4) is 0 Å². The lowest BCUT2D eigenvalue weighted by Crippen LogP contribution is -1.89. The Bertz CT molecular complexity index is 330. The van der Waals surface area contributed by atoms with Gasteiger partial charge in [-0.25, -0.2) is 0 Å². The van der Waals surface area contributed by atoms with E-state index in [0.717, 1.165) is 0 Å². The molecule has 0 aliphatic rings. The molecule has 102 valence electrons. The lowest BCUT2D eigenvalue weighted by Gasteiger charge is -2.06. The minimum Gasteiger partial charge on any atom is -0.129 e. The third-order valence-corrected chi connectivity index (χ3v) is 4.43. The van der Waals surface area contributed by atoms with Crippen LogP contribution in [0.15, 0.2) is 23.1 Å². The molecule has 0 aliphatic heterocycles. The Labute approximate surface area is 118 Å². The standard InChI is InChI=1S/C17H28S/c1-4-5-6-7-8-9-10-11-16-12-13-17(18-3)15(2)14-16/h12-14H,4-11H2,1-3H3. The number of hydrogen-bond acceptors (Lipinski definition) is 1. The lowest BCUT2D eigenvalue weighted by atomic mass is 10.0. The van der Waals surface area contributed by atoms with Gasteiger partial charge in [0.1, 0.15) is 0 Å². The van der Waals surface area contributed by atoms with Gasteiger partial charge in [0.25, 0.3) is 0 Å². The van der Waals surface area contributed by atoms with Crippen molar-refractivity contribution < 1.29 is 0 Å². The van der Waals surface area contributed by atoms with Gasteiger partial charge in [-0.1, -0.05) is 57.6 Å². The van der Waals surface area contributed by atoms with E-state index in [2.05, 4.69) is 38.3 Å². The maximum Gasteiger partial charge on any atom is 0.00985 e. The molecule has 0 saturated heterocycles. The fourth-order valence-electron chi connectivity index (χ4n) is 2.38. The number of thioether (sulfide) groups is 1. The van der Waals surface area contributed by atoms with Crippen LogP contribution in [-0.2, 0) is 6.42 Å². The van der Waals surface area contributed by atoms with Crippen molar-refractivity contribution in [2.24, 2.45) is 0 Å². The first kappa shape index (κ1) is 15.6. The summed E-state index contributed by atoms with van der Waals surface area (Å²) in [4.78, 5) is 1.42. The van der Waals surface area contributed by atoms with Crippen LogP contribution in [0.4, 0.5) is 0 Å². The smallest absolute Gasteiger partial charge is 0.00985 e. The maximum atomic E-state index is 2.36. The Morgan fingerprint density at radius 2 is 1.61 bits per heavy atom. The molecule has 0 saturated carbocycles. The van der Waals surface area contributed by atoms with Gasteiger partial charge in [-0.15, -0.1) is 11.8 Å². The molecule has 0 radical (unpaired) electrons. The minimum atomic E-state index is 1.25. The first-order chi connectivity index (χ1) is 8.77. The molecule has 0 atom stereocenters. The summed E-state index contributed by atoms with van der Waals surface area (Å²) in [6.07, 6.45) is 13.2. The summed E-state index contributed by atoms with van der Waals surface area (Å²) in [6, 6.07) is 6.94. The van der Waals surface area contributed by atoms with E-state index < -0.39 is 0 Å². The topological polar surface area (TPSA) is 0 Å². The van der Waals surface area contributed by atoms with Gasteiger partial charge < -0.3 is 0 Å². The van der Waals surface area contributed by atoms with Gasteiger partial charge in [0.05, 0.1) is 0 Å². The molecule has 1 heteroatoms. The van der Waals surface area contributed by atoms with Crippen LogP contribution in [-0.4, -0.2) is 6.26 Å². The summed E-state index contributed by atoms with van der Waals surface area (Å²) in [5.41, 5.74) is 2.95. The van der Waals surface area contributed by atoms with Gasteiger partial charge in [0.2, 0.25) is 0 Å². The lowest BCUT2D eigenvalue weighted by molar-refractivity contribution is 0.589. The van der Waals surface area contributed by atoms with E-state index in [0.29, 0.717) is 0 Å². The molecular weight excluding hydrogens is 236 g/mol. The van der Waals surface area contributed by atoms with E-state index in [4.69, 9.17) is 0 Å². The summed E-state index contributed by atoms with van der Waals surface area (Å²) in [6.45, 7) is 4.50. The summed E-state index contributed by atoms with van der Waals surface area (Å²) >= 11 is 1.84. The zero-order valence-electron chi connectivity index (χ0n) is 12.3. The van der Waals surface area contributed by atoms with Gasteiger partial charge in [-0.2, -0.15) is 0 Å². The van der Waals surface area contributed by atoms with E-state index in [1.807, 2.05) is 11.8 Å². The maximum absolute atomic E-state index is 2.36. The fourth-order valence-corrected chi connectivity index (χ4v) is 2.97. The average molecular weight is 264 g/mol. The molecule has 0 aliphatic carbocycles. The molecule has 0 bridgehead atoms. The second kappa shape index (κ2) is 9.49. The van der Waals surface area contributed by atoms with Gasteiger partial charge in [0.15, 0.2) is 0 Å². The van der Waals surface area contributed by atoms with Crippen molar-refractivity contribution in [1.29, 1.82) is 0 Å². The molecular formula is C17H28S. The van der Waals surface area contributed by atoms with Crippen LogP contribution >= 0.6 is 11.8 Å². The molecule has 1 aromatic rings. The highest BCUT2D eigenvalue weighted by atomic mass is 32.2. The highest BCUT2D eigenvalue weighted by Gasteiger charge is 1.99. The molecule has 1 rings (SSSR count). The van der Waals surface area contributed by atoms with E-state index in [9.17, 15) is 0 Å². The summed E-state index contributed by atoms with van der Waals surface area (Å²) < 4.78 is 0. The summed E-state index contributed by atoms with van der Waals surface area (Å²) in [5.74, 6) is 0. The quantitative estimate of drug-likeness (QED) is 0.389. The first-order valence-electron chi connectivity index (χ1n) is 7.41. The van der Waals surface area contributed by atoms with Gasteiger partial charge in [-0.05, 0) is 43.2 Å².